The number of carbonyl (C=O) groups is 1. The molecule has 0 bridgehead atoms. The Morgan fingerprint density at radius 1 is 1.22 bits per heavy atom. The van der Waals surface area contributed by atoms with Crippen molar-refractivity contribution in [1.29, 1.82) is 0 Å². The first-order valence-corrected chi connectivity index (χ1v) is 8.48. The van der Waals surface area contributed by atoms with Gasteiger partial charge in [-0.15, -0.1) is 0 Å². The average Bonchev–Trinajstić information content (AvgIpc) is 2.52. The monoisotopic (exact) mass is 321 g/mol. The van der Waals surface area contributed by atoms with Gasteiger partial charge in [0.25, 0.3) is 0 Å². The van der Waals surface area contributed by atoms with Crippen LogP contribution < -0.4 is 0 Å². The van der Waals surface area contributed by atoms with E-state index in [2.05, 4.69) is 0 Å². The topological polar surface area (TPSA) is 29.5 Å². The number of hydrogen-bond acceptors (Lipinski definition) is 2. The third kappa shape index (κ3) is 5.61. The molecule has 1 aromatic rings. The first kappa shape index (κ1) is 17.9. The fourth-order valence-corrected chi connectivity index (χ4v) is 2.92. The van der Waals surface area contributed by atoms with Crippen LogP contribution >= 0.6 is 0 Å². The summed E-state index contributed by atoms with van der Waals surface area (Å²) in [7, 11) is 0. The van der Waals surface area contributed by atoms with E-state index >= 15 is 0 Å². The molecule has 0 aromatic heterocycles. The Hall–Kier alpha value is -1.42. The molecule has 0 radical (unpaired) electrons. The summed E-state index contributed by atoms with van der Waals surface area (Å²) in [6.45, 7) is 8.90. The van der Waals surface area contributed by atoms with E-state index in [1.807, 2.05) is 25.7 Å². The van der Waals surface area contributed by atoms with Crippen molar-refractivity contribution in [3.05, 3.63) is 35.6 Å². The van der Waals surface area contributed by atoms with Crippen molar-refractivity contribution in [3.8, 4) is 0 Å². The van der Waals surface area contributed by atoms with E-state index in [0.717, 1.165) is 44.5 Å². The first-order chi connectivity index (χ1) is 10.9. The Kier molecular flexibility index (Phi) is 6.17. The Morgan fingerprint density at radius 3 is 2.39 bits per heavy atom. The highest BCUT2D eigenvalue weighted by Gasteiger charge is 2.30. The predicted molar refractivity (Wildman–Crippen MR) is 89.4 cm³/mol. The van der Waals surface area contributed by atoms with Crippen molar-refractivity contribution in [2.24, 2.45) is 11.3 Å². The fraction of sp³-hybridized carbons (Fsp3) is 0.632. The molecule has 1 fully saturated rings. The van der Waals surface area contributed by atoms with Gasteiger partial charge < -0.3 is 9.64 Å². The minimum absolute atomic E-state index is 0.217. The predicted octanol–water partition coefficient (Wildman–Crippen LogP) is 4.02. The van der Waals surface area contributed by atoms with E-state index in [-0.39, 0.29) is 17.1 Å². The Morgan fingerprint density at radius 2 is 1.83 bits per heavy atom. The molecule has 0 spiro atoms. The van der Waals surface area contributed by atoms with Crippen LogP contribution in [0.15, 0.2) is 24.3 Å². The van der Waals surface area contributed by atoms with Gasteiger partial charge in [0.2, 0.25) is 5.91 Å². The molecule has 1 aromatic carbocycles. The number of amides is 1. The van der Waals surface area contributed by atoms with Gasteiger partial charge in [-0.3, -0.25) is 4.79 Å². The van der Waals surface area contributed by atoms with Crippen molar-refractivity contribution in [3.63, 3.8) is 0 Å². The lowest BCUT2D eigenvalue weighted by Crippen LogP contribution is -2.44. The molecule has 4 heteroatoms. The summed E-state index contributed by atoms with van der Waals surface area (Å²) < 4.78 is 18.5. The van der Waals surface area contributed by atoms with Crippen molar-refractivity contribution < 1.29 is 13.9 Å². The number of rotatable bonds is 5. The lowest BCUT2D eigenvalue weighted by atomic mass is 9.90. The van der Waals surface area contributed by atoms with Crippen LogP contribution in [0, 0.1) is 17.2 Å². The van der Waals surface area contributed by atoms with Gasteiger partial charge >= 0.3 is 0 Å². The van der Waals surface area contributed by atoms with Gasteiger partial charge in [0.05, 0.1) is 6.61 Å². The lowest BCUT2D eigenvalue weighted by molar-refractivity contribution is -0.141. The third-order valence-corrected chi connectivity index (χ3v) is 4.40. The number of ether oxygens (including phenoxy) is 1. The van der Waals surface area contributed by atoms with Crippen molar-refractivity contribution in [2.75, 3.05) is 19.7 Å². The summed E-state index contributed by atoms with van der Waals surface area (Å²) in [5, 5.41) is 0. The molecular formula is C19H28FNO2. The molecule has 128 valence electrons. The zero-order valence-corrected chi connectivity index (χ0v) is 14.5. The number of benzene rings is 1. The second-order valence-corrected chi connectivity index (χ2v) is 7.45. The Balaban J connectivity index is 1.63. The summed E-state index contributed by atoms with van der Waals surface area (Å²) in [5.41, 5.74) is 0.711. The SMILES string of the molecule is CC(C)(C)C(=O)N1CCC(CCOCc2ccc(F)cc2)CC1. The molecule has 1 aliphatic heterocycles. The quantitative estimate of drug-likeness (QED) is 0.767. The molecular weight excluding hydrogens is 293 g/mol. The third-order valence-electron chi connectivity index (χ3n) is 4.40. The second kappa shape index (κ2) is 7.91. The van der Waals surface area contributed by atoms with Crippen LogP contribution in [0.4, 0.5) is 4.39 Å². The molecule has 0 saturated carbocycles. The maximum atomic E-state index is 12.8. The van der Waals surface area contributed by atoms with Crippen molar-refractivity contribution >= 4 is 5.91 Å². The van der Waals surface area contributed by atoms with Crippen LogP contribution in [-0.4, -0.2) is 30.5 Å². The van der Waals surface area contributed by atoms with Gasteiger partial charge in [-0.05, 0) is 42.9 Å². The summed E-state index contributed by atoms with van der Waals surface area (Å²) in [4.78, 5) is 14.2. The van der Waals surface area contributed by atoms with Crippen molar-refractivity contribution in [1.82, 2.24) is 4.90 Å². The molecule has 1 heterocycles. The van der Waals surface area contributed by atoms with Gasteiger partial charge in [-0.25, -0.2) is 4.39 Å². The summed E-state index contributed by atoms with van der Waals surface area (Å²) >= 11 is 0. The maximum Gasteiger partial charge on any atom is 0.227 e. The number of piperidine rings is 1. The van der Waals surface area contributed by atoms with Crippen LogP contribution in [0.5, 0.6) is 0 Å². The molecule has 1 amide bonds. The molecule has 0 atom stereocenters. The fourth-order valence-electron chi connectivity index (χ4n) is 2.92. The Bertz CT molecular complexity index is 499. The van der Waals surface area contributed by atoms with Gasteiger partial charge in [0.1, 0.15) is 5.82 Å². The number of halogens is 1. The van der Waals surface area contributed by atoms with E-state index < -0.39 is 0 Å². The van der Waals surface area contributed by atoms with Crippen LogP contribution in [0.3, 0.4) is 0 Å². The number of carbonyl (C=O) groups excluding carboxylic acids is 1. The van der Waals surface area contributed by atoms with Gasteiger partial charge in [-0.2, -0.15) is 0 Å². The largest absolute Gasteiger partial charge is 0.377 e. The smallest absolute Gasteiger partial charge is 0.227 e. The van der Waals surface area contributed by atoms with Crippen LogP contribution in [0.1, 0.15) is 45.6 Å². The van der Waals surface area contributed by atoms with Gasteiger partial charge in [0, 0.05) is 25.1 Å². The molecule has 1 aliphatic rings. The first-order valence-electron chi connectivity index (χ1n) is 8.48. The molecule has 1 saturated heterocycles. The molecule has 3 nitrogen and oxygen atoms in total. The van der Waals surface area contributed by atoms with Gasteiger partial charge in [-0.1, -0.05) is 32.9 Å². The Labute approximate surface area is 138 Å². The highest BCUT2D eigenvalue weighted by molar-refractivity contribution is 5.81. The van der Waals surface area contributed by atoms with E-state index in [1.54, 1.807) is 12.1 Å². The number of hydrogen-bond donors (Lipinski definition) is 0. The van der Waals surface area contributed by atoms with Crippen molar-refractivity contribution in [2.45, 2.75) is 46.6 Å². The van der Waals surface area contributed by atoms with Crippen LogP contribution in [0.25, 0.3) is 0 Å². The van der Waals surface area contributed by atoms with E-state index in [0.29, 0.717) is 12.5 Å². The van der Waals surface area contributed by atoms with Crippen LogP contribution in [-0.2, 0) is 16.1 Å². The minimum Gasteiger partial charge on any atom is -0.377 e. The number of nitrogens with zero attached hydrogens (tertiary/aromatic N) is 1. The minimum atomic E-state index is -0.287. The molecule has 0 N–H and O–H groups in total. The standard InChI is InChI=1S/C19H28FNO2/c1-19(2,3)18(22)21-11-8-15(9-12-21)10-13-23-14-16-4-6-17(20)7-5-16/h4-7,15H,8-14H2,1-3H3. The van der Waals surface area contributed by atoms with Gasteiger partial charge in [0.15, 0.2) is 0 Å². The summed E-state index contributed by atoms with van der Waals surface area (Å²) in [6.07, 6.45) is 3.14. The zero-order valence-electron chi connectivity index (χ0n) is 14.5. The summed E-state index contributed by atoms with van der Waals surface area (Å²) in [5.74, 6) is 0.668. The van der Waals surface area contributed by atoms with E-state index in [4.69, 9.17) is 4.74 Å². The molecule has 0 unspecified atom stereocenters. The highest BCUT2D eigenvalue weighted by Crippen LogP contribution is 2.25. The lowest BCUT2D eigenvalue weighted by Gasteiger charge is -2.35. The average molecular weight is 321 g/mol. The molecule has 23 heavy (non-hydrogen) atoms. The van der Waals surface area contributed by atoms with Crippen LogP contribution in [0.2, 0.25) is 0 Å². The summed E-state index contributed by atoms with van der Waals surface area (Å²) in [6, 6.07) is 6.43. The van der Waals surface area contributed by atoms with E-state index in [9.17, 15) is 9.18 Å². The molecule has 0 aliphatic carbocycles. The normalized spacial score (nSPS) is 16.6. The molecule has 2 rings (SSSR count). The van der Waals surface area contributed by atoms with E-state index in [1.165, 1.54) is 12.1 Å². The maximum absolute atomic E-state index is 12.8. The number of likely N-dealkylation sites (tertiary alicyclic amines) is 1. The highest BCUT2D eigenvalue weighted by atomic mass is 19.1. The second-order valence-electron chi connectivity index (χ2n) is 7.45. The zero-order chi connectivity index (χ0) is 16.9.